The van der Waals surface area contributed by atoms with E-state index in [9.17, 15) is 4.79 Å². The molecule has 0 saturated heterocycles. The molecule has 0 fully saturated rings. The van der Waals surface area contributed by atoms with Gasteiger partial charge in [0.25, 0.3) is 0 Å². The summed E-state index contributed by atoms with van der Waals surface area (Å²) in [6.07, 6.45) is 2.92. The molecule has 1 rings (SSSR count). The van der Waals surface area contributed by atoms with E-state index in [1.807, 2.05) is 6.20 Å². The fourth-order valence-corrected chi connectivity index (χ4v) is 2.57. The van der Waals surface area contributed by atoms with Crippen LogP contribution in [-0.2, 0) is 11.3 Å². The Balaban J connectivity index is 2.55. The number of nitrogens with zero attached hydrogens (tertiary/aromatic N) is 2. The third kappa shape index (κ3) is 5.01. The lowest BCUT2D eigenvalue weighted by molar-refractivity contribution is -0.121. The summed E-state index contributed by atoms with van der Waals surface area (Å²) in [4.78, 5) is 19.0. The van der Waals surface area contributed by atoms with Crippen molar-refractivity contribution in [3.05, 3.63) is 11.1 Å². The molecular formula is C12H22N4OS. The summed E-state index contributed by atoms with van der Waals surface area (Å²) in [5, 5.41) is 6.80. The zero-order valence-electron chi connectivity index (χ0n) is 11.3. The van der Waals surface area contributed by atoms with Crippen LogP contribution in [0.25, 0.3) is 0 Å². The van der Waals surface area contributed by atoms with Crippen molar-refractivity contribution in [1.82, 2.24) is 15.2 Å². The summed E-state index contributed by atoms with van der Waals surface area (Å²) < 4.78 is 0. The van der Waals surface area contributed by atoms with Crippen LogP contribution in [0, 0.1) is 0 Å². The molecule has 5 nitrogen and oxygen atoms in total. The number of amides is 1. The fourth-order valence-electron chi connectivity index (χ4n) is 1.65. The third-order valence-corrected chi connectivity index (χ3v) is 3.39. The maximum absolute atomic E-state index is 11.4. The van der Waals surface area contributed by atoms with E-state index in [-0.39, 0.29) is 5.91 Å². The molecule has 0 saturated carbocycles. The lowest BCUT2D eigenvalue weighted by Crippen LogP contribution is -2.35. The number of nitrogens with one attached hydrogen (secondary N) is 2. The van der Waals surface area contributed by atoms with Gasteiger partial charge in [-0.05, 0) is 19.9 Å². The topological polar surface area (TPSA) is 57.3 Å². The zero-order valence-corrected chi connectivity index (χ0v) is 12.1. The molecule has 0 aliphatic carbocycles. The van der Waals surface area contributed by atoms with Gasteiger partial charge in [-0.3, -0.25) is 9.69 Å². The van der Waals surface area contributed by atoms with Crippen molar-refractivity contribution in [2.24, 2.45) is 0 Å². The summed E-state index contributed by atoms with van der Waals surface area (Å²) in [7, 11) is 1.67. The molecule has 0 radical (unpaired) electrons. The van der Waals surface area contributed by atoms with Gasteiger partial charge in [0.15, 0.2) is 5.13 Å². The number of carbonyl (C=O) groups is 1. The van der Waals surface area contributed by atoms with Crippen LogP contribution in [0.1, 0.15) is 25.1 Å². The van der Waals surface area contributed by atoms with Crippen LogP contribution in [0.2, 0.25) is 0 Å². The number of hydrogen-bond donors (Lipinski definition) is 2. The Kier molecular flexibility index (Phi) is 6.67. The lowest BCUT2D eigenvalue weighted by atomic mass is 10.3. The number of anilines is 1. The smallest absolute Gasteiger partial charge is 0.233 e. The van der Waals surface area contributed by atoms with E-state index < -0.39 is 0 Å². The van der Waals surface area contributed by atoms with Crippen LogP contribution in [0.3, 0.4) is 0 Å². The van der Waals surface area contributed by atoms with Gasteiger partial charge in [-0.1, -0.05) is 6.92 Å². The van der Waals surface area contributed by atoms with Crippen LogP contribution in [-0.4, -0.2) is 42.5 Å². The van der Waals surface area contributed by atoms with Gasteiger partial charge in [-0.2, -0.15) is 0 Å². The van der Waals surface area contributed by atoms with E-state index in [1.54, 1.807) is 18.4 Å². The average Bonchev–Trinajstić information content (AvgIpc) is 2.77. The van der Waals surface area contributed by atoms with Gasteiger partial charge >= 0.3 is 0 Å². The first-order valence-corrected chi connectivity index (χ1v) is 7.12. The van der Waals surface area contributed by atoms with E-state index >= 15 is 0 Å². The van der Waals surface area contributed by atoms with E-state index in [0.29, 0.717) is 6.54 Å². The fraction of sp³-hybridized carbons (Fsp3) is 0.667. The summed E-state index contributed by atoms with van der Waals surface area (Å²) >= 11 is 1.65. The van der Waals surface area contributed by atoms with Crippen molar-refractivity contribution in [1.29, 1.82) is 0 Å². The summed E-state index contributed by atoms with van der Waals surface area (Å²) in [6, 6.07) is 0. The van der Waals surface area contributed by atoms with Gasteiger partial charge in [0.1, 0.15) is 0 Å². The van der Waals surface area contributed by atoms with E-state index in [2.05, 4.69) is 34.4 Å². The largest absolute Gasteiger partial charge is 0.362 e. The third-order valence-electron chi connectivity index (χ3n) is 2.45. The normalized spacial score (nSPS) is 10.7. The highest BCUT2D eigenvalue weighted by atomic mass is 32.1. The highest BCUT2D eigenvalue weighted by Gasteiger charge is 2.11. The van der Waals surface area contributed by atoms with Gasteiger partial charge in [0, 0.05) is 31.2 Å². The molecule has 0 atom stereocenters. The average molecular weight is 270 g/mol. The van der Waals surface area contributed by atoms with Gasteiger partial charge in [-0.15, -0.1) is 11.3 Å². The van der Waals surface area contributed by atoms with Gasteiger partial charge in [0.2, 0.25) is 5.91 Å². The molecule has 0 spiro atoms. The van der Waals surface area contributed by atoms with Crippen molar-refractivity contribution in [2.45, 2.75) is 26.8 Å². The summed E-state index contributed by atoms with van der Waals surface area (Å²) in [5.41, 5.74) is 0. The Bertz CT molecular complexity index is 367. The molecule has 2 N–H and O–H groups in total. The van der Waals surface area contributed by atoms with Crippen molar-refractivity contribution in [3.8, 4) is 0 Å². The predicted molar refractivity (Wildman–Crippen MR) is 75.9 cm³/mol. The number of aromatic nitrogens is 1. The Hall–Kier alpha value is -1.14. The number of likely N-dealkylation sites (N-methyl/N-ethyl adjacent to an activating group) is 1. The Morgan fingerprint density at radius 1 is 1.50 bits per heavy atom. The van der Waals surface area contributed by atoms with Crippen LogP contribution in [0.15, 0.2) is 6.20 Å². The van der Waals surface area contributed by atoms with Crippen molar-refractivity contribution in [2.75, 3.05) is 32.0 Å². The molecule has 18 heavy (non-hydrogen) atoms. The second kappa shape index (κ2) is 8.05. The number of carbonyl (C=O) groups excluding carboxylic acids is 1. The summed E-state index contributed by atoms with van der Waals surface area (Å²) in [6.45, 7) is 7.19. The maximum Gasteiger partial charge on any atom is 0.233 e. The molecule has 6 heteroatoms. The minimum absolute atomic E-state index is 0.0554. The summed E-state index contributed by atoms with van der Waals surface area (Å²) in [5.74, 6) is 0.0554. The van der Waals surface area contributed by atoms with Crippen LogP contribution < -0.4 is 10.6 Å². The number of rotatable bonds is 8. The highest BCUT2D eigenvalue weighted by Crippen LogP contribution is 2.19. The molecule has 1 heterocycles. The highest BCUT2D eigenvalue weighted by molar-refractivity contribution is 7.15. The molecule has 1 aromatic rings. The second-order valence-electron chi connectivity index (χ2n) is 4.05. The number of hydrogen-bond acceptors (Lipinski definition) is 5. The molecule has 0 aliphatic rings. The van der Waals surface area contributed by atoms with E-state index in [1.165, 1.54) is 4.88 Å². The van der Waals surface area contributed by atoms with Crippen molar-refractivity contribution in [3.63, 3.8) is 0 Å². The van der Waals surface area contributed by atoms with Gasteiger partial charge in [0.05, 0.1) is 6.54 Å². The maximum atomic E-state index is 11.4. The molecular weight excluding hydrogens is 248 g/mol. The molecule has 0 aromatic carbocycles. The monoisotopic (exact) mass is 270 g/mol. The molecule has 102 valence electrons. The standard InChI is InChI=1S/C12H22N4OS/c1-4-6-16(9-11(17)13-3)8-10-7-15-12(18-10)14-5-2/h7H,4-6,8-9H2,1-3H3,(H,13,17)(H,14,15). The minimum Gasteiger partial charge on any atom is -0.362 e. The molecule has 0 aliphatic heterocycles. The molecule has 0 unspecified atom stereocenters. The molecule has 1 aromatic heterocycles. The first-order chi connectivity index (χ1) is 8.69. The Morgan fingerprint density at radius 3 is 2.89 bits per heavy atom. The van der Waals surface area contributed by atoms with E-state index in [0.717, 1.165) is 31.2 Å². The van der Waals surface area contributed by atoms with Crippen LogP contribution >= 0.6 is 11.3 Å². The molecule has 0 bridgehead atoms. The zero-order chi connectivity index (χ0) is 13.4. The quantitative estimate of drug-likeness (QED) is 0.752. The Morgan fingerprint density at radius 2 is 2.28 bits per heavy atom. The van der Waals surface area contributed by atoms with Crippen molar-refractivity contribution < 1.29 is 4.79 Å². The van der Waals surface area contributed by atoms with Gasteiger partial charge < -0.3 is 10.6 Å². The number of thiazole rings is 1. The van der Waals surface area contributed by atoms with Crippen molar-refractivity contribution >= 4 is 22.4 Å². The second-order valence-corrected chi connectivity index (χ2v) is 5.16. The van der Waals surface area contributed by atoms with Crippen LogP contribution in [0.4, 0.5) is 5.13 Å². The van der Waals surface area contributed by atoms with Gasteiger partial charge in [-0.25, -0.2) is 4.98 Å². The SMILES string of the molecule is CCCN(CC(=O)NC)Cc1cnc(NCC)s1. The lowest BCUT2D eigenvalue weighted by Gasteiger charge is -2.19. The first-order valence-electron chi connectivity index (χ1n) is 6.31. The van der Waals surface area contributed by atoms with Crippen LogP contribution in [0.5, 0.6) is 0 Å². The predicted octanol–water partition coefficient (Wildman–Crippen LogP) is 1.53. The van der Waals surface area contributed by atoms with E-state index in [4.69, 9.17) is 0 Å². The minimum atomic E-state index is 0.0554. The first kappa shape index (κ1) is 14.9. The molecule has 1 amide bonds. The Labute approximate surface area is 113 Å².